The minimum Gasteiger partial charge on any atom is -0.309 e. The van der Waals surface area contributed by atoms with E-state index in [0.29, 0.717) is 0 Å². The van der Waals surface area contributed by atoms with Gasteiger partial charge in [0.2, 0.25) is 0 Å². The summed E-state index contributed by atoms with van der Waals surface area (Å²) in [6.45, 7) is 4.24. The van der Waals surface area contributed by atoms with Gasteiger partial charge in [-0.1, -0.05) is 31.9 Å². The number of nitrogens with one attached hydrogen (secondary N) is 1. The van der Waals surface area contributed by atoms with Crippen LogP contribution in [0.2, 0.25) is 0 Å². The van der Waals surface area contributed by atoms with E-state index in [2.05, 4.69) is 75.3 Å². The second-order valence-electron chi connectivity index (χ2n) is 4.29. The van der Waals surface area contributed by atoms with Crippen LogP contribution in [0.1, 0.15) is 26.9 Å². The van der Waals surface area contributed by atoms with Crippen molar-refractivity contribution in [3.8, 4) is 0 Å². The average molecular weight is 389 g/mol. The largest absolute Gasteiger partial charge is 0.309 e. The van der Waals surface area contributed by atoms with Gasteiger partial charge in [-0.05, 0) is 56.3 Å². The first-order valence-corrected chi connectivity index (χ1v) is 8.12. The number of aryl methyl sites for hydroxylation is 2. The highest BCUT2D eigenvalue weighted by molar-refractivity contribution is 9.11. The smallest absolute Gasteiger partial charge is 0.0680 e. The molecule has 0 fully saturated rings. The molecule has 2 aromatic rings. The molecule has 0 spiro atoms. The van der Waals surface area contributed by atoms with Gasteiger partial charge in [-0.15, -0.1) is 11.3 Å². The van der Waals surface area contributed by atoms with Crippen molar-refractivity contribution in [1.82, 2.24) is 5.32 Å². The van der Waals surface area contributed by atoms with Crippen molar-refractivity contribution < 1.29 is 0 Å². The predicted molar refractivity (Wildman–Crippen MR) is 86.5 cm³/mol. The summed E-state index contributed by atoms with van der Waals surface area (Å²) in [5.41, 5.74) is 2.50. The molecule has 0 aliphatic carbocycles. The van der Waals surface area contributed by atoms with Crippen molar-refractivity contribution in [2.75, 3.05) is 7.05 Å². The third-order valence-corrected chi connectivity index (χ3v) is 5.53. The van der Waals surface area contributed by atoms with Crippen LogP contribution in [-0.4, -0.2) is 7.05 Å². The zero-order chi connectivity index (χ0) is 13.3. The summed E-state index contributed by atoms with van der Waals surface area (Å²) in [6, 6.07) is 8.94. The van der Waals surface area contributed by atoms with Crippen molar-refractivity contribution >= 4 is 43.2 Å². The van der Waals surface area contributed by atoms with Crippen LogP contribution in [0.15, 0.2) is 33.2 Å². The van der Waals surface area contributed by atoms with Gasteiger partial charge in [0, 0.05) is 18.7 Å². The van der Waals surface area contributed by atoms with Crippen LogP contribution in [0.3, 0.4) is 0 Å². The molecule has 1 unspecified atom stereocenters. The van der Waals surface area contributed by atoms with Gasteiger partial charge >= 0.3 is 0 Å². The lowest BCUT2D eigenvalue weighted by molar-refractivity contribution is 0.700. The van der Waals surface area contributed by atoms with Gasteiger partial charge in [-0.25, -0.2) is 0 Å². The SMILES string of the molecule is CNC(c1ccc(C)s1)c1cc(Br)c(C)cc1Br. The Morgan fingerprint density at radius 2 is 1.83 bits per heavy atom. The maximum atomic E-state index is 3.67. The van der Waals surface area contributed by atoms with E-state index in [4.69, 9.17) is 0 Å². The maximum absolute atomic E-state index is 3.67. The van der Waals surface area contributed by atoms with E-state index in [9.17, 15) is 0 Å². The standard InChI is InChI=1S/C14H15Br2NS/c1-8-6-12(16)10(7-11(8)15)14(17-3)13-5-4-9(2)18-13/h4-7,14,17H,1-3H3. The zero-order valence-electron chi connectivity index (χ0n) is 10.6. The minimum atomic E-state index is 0.231. The molecule has 1 N–H and O–H groups in total. The summed E-state index contributed by atoms with van der Waals surface area (Å²) in [5, 5.41) is 3.40. The summed E-state index contributed by atoms with van der Waals surface area (Å²) >= 11 is 9.12. The number of hydrogen-bond acceptors (Lipinski definition) is 2. The van der Waals surface area contributed by atoms with Crippen LogP contribution in [0.25, 0.3) is 0 Å². The van der Waals surface area contributed by atoms with Crippen molar-refractivity contribution in [3.05, 3.63) is 54.1 Å². The number of hydrogen-bond donors (Lipinski definition) is 1. The molecule has 96 valence electrons. The van der Waals surface area contributed by atoms with Gasteiger partial charge in [0.05, 0.1) is 6.04 Å². The van der Waals surface area contributed by atoms with Crippen molar-refractivity contribution in [2.24, 2.45) is 0 Å². The Labute approximate surface area is 129 Å². The number of benzene rings is 1. The van der Waals surface area contributed by atoms with Crippen LogP contribution < -0.4 is 5.32 Å². The fraction of sp³-hybridized carbons (Fsp3) is 0.286. The van der Waals surface area contributed by atoms with Crippen LogP contribution in [0.5, 0.6) is 0 Å². The second-order valence-corrected chi connectivity index (χ2v) is 7.32. The molecule has 0 saturated heterocycles. The van der Waals surface area contributed by atoms with Crippen molar-refractivity contribution in [2.45, 2.75) is 19.9 Å². The highest BCUT2D eigenvalue weighted by Crippen LogP contribution is 2.35. The quantitative estimate of drug-likeness (QED) is 0.761. The Bertz CT molecular complexity index is 563. The topological polar surface area (TPSA) is 12.0 Å². The lowest BCUT2D eigenvalue weighted by Crippen LogP contribution is -2.17. The summed E-state index contributed by atoms with van der Waals surface area (Å²) in [6.07, 6.45) is 0. The van der Waals surface area contributed by atoms with Gasteiger partial charge < -0.3 is 5.32 Å². The van der Waals surface area contributed by atoms with Crippen molar-refractivity contribution in [1.29, 1.82) is 0 Å². The van der Waals surface area contributed by atoms with Gasteiger partial charge in [0.15, 0.2) is 0 Å². The molecule has 18 heavy (non-hydrogen) atoms. The Balaban J connectivity index is 2.48. The molecular formula is C14H15Br2NS. The summed E-state index contributed by atoms with van der Waals surface area (Å²) < 4.78 is 2.29. The molecule has 1 aromatic heterocycles. The minimum absolute atomic E-state index is 0.231. The Hall–Kier alpha value is -0.160. The van der Waals surface area contributed by atoms with Gasteiger partial charge in [0.25, 0.3) is 0 Å². The highest BCUT2D eigenvalue weighted by Gasteiger charge is 2.17. The van der Waals surface area contributed by atoms with Crippen molar-refractivity contribution in [3.63, 3.8) is 0 Å². The second kappa shape index (κ2) is 5.87. The number of rotatable bonds is 3. The summed E-state index contributed by atoms with van der Waals surface area (Å²) in [7, 11) is 2.00. The first-order chi connectivity index (χ1) is 8.52. The van der Waals surface area contributed by atoms with Gasteiger partial charge in [-0.2, -0.15) is 0 Å². The third kappa shape index (κ3) is 2.87. The normalized spacial score (nSPS) is 12.7. The average Bonchev–Trinajstić information content (AvgIpc) is 2.73. The van der Waals surface area contributed by atoms with Crippen LogP contribution in [0.4, 0.5) is 0 Å². The molecule has 0 radical (unpaired) electrons. The van der Waals surface area contributed by atoms with Gasteiger partial charge in [0.1, 0.15) is 0 Å². The molecule has 1 heterocycles. The van der Waals surface area contributed by atoms with E-state index in [0.717, 1.165) is 8.95 Å². The Morgan fingerprint density at radius 3 is 2.39 bits per heavy atom. The molecule has 0 amide bonds. The van der Waals surface area contributed by atoms with Crippen LogP contribution >= 0.6 is 43.2 Å². The lowest BCUT2D eigenvalue weighted by atomic mass is 10.0. The summed E-state index contributed by atoms with van der Waals surface area (Å²) in [5.74, 6) is 0. The van der Waals surface area contributed by atoms with Crippen LogP contribution in [0, 0.1) is 13.8 Å². The molecule has 4 heteroatoms. The molecule has 1 nitrogen and oxygen atoms in total. The van der Waals surface area contributed by atoms with E-state index in [1.165, 1.54) is 20.9 Å². The fourth-order valence-corrected chi connectivity index (χ4v) is 4.00. The first kappa shape index (κ1) is 14.3. The van der Waals surface area contributed by atoms with Crippen LogP contribution in [-0.2, 0) is 0 Å². The molecular weight excluding hydrogens is 374 g/mol. The summed E-state index contributed by atoms with van der Waals surface area (Å²) in [4.78, 5) is 2.68. The molecule has 0 aliphatic heterocycles. The Kier molecular flexibility index (Phi) is 4.64. The molecule has 0 saturated carbocycles. The van der Waals surface area contributed by atoms with E-state index in [1.54, 1.807) is 0 Å². The lowest BCUT2D eigenvalue weighted by Gasteiger charge is -2.18. The maximum Gasteiger partial charge on any atom is 0.0680 e. The number of halogens is 2. The monoisotopic (exact) mass is 387 g/mol. The molecule has 1 atom stereocenters. The van der Waals surface area contributed by atoms with Gasteiger partial charge in [-0.3, -0.25) is 0 Å². The predicted octanol–water partition coefficient (Wildman–Crippen LogP) is 5.20. The Morgan fingerprint density at radius 1 is 1.11 bits per heavy atom. The van der Waals surface area contributed by atoms with E-state index >= 15 is 0 Å². The zero-order valence-corrected chi connectivity index (χ0v) is 14.5. The molecule has 1 aromatic carbocycles. The van der Waals surface area contributed by atoms with E-state index < -0.39 is 0 Å². The first-order valence-electron chi connectivity index (χ1n) is 5.72. The fourth-order valence-electron chi connectivity index (χ4n) is 1.94. The third-order valence-electron chi connectivity index (χ3n) is 2.92. The molecule has 2 rings (SSSR count). The molecule has 0 aliphatic rings. The van der Waals surface area contributed by atoms with E-state index in [-0.39, 0.29) is 6.04 Å². The highest BCUT2D eigenvalue weighted by atomic mass is 79.9. The molecule has 0 bridgehead atoms. The number of thiophene rings is 1. The van der Waals surface area contributed by atoms with E-state index in [1.807, 2.05) is 18.4 Å².